The molecule has 1 N–H and O–H groups in total. The summed E-state index contributed by atoms with van der Waals surface area (Å²) in [6, 6.07) is 10.8. The Bertz CT molecular complexity index is 1540. The molecule has 0 bridgehead atoms. The van der Waals surface area contributed by atoms with Crippen molar-refractivity contribution >= 4 is 34.9 Å². The highest BCUT2D eigenvalue weighted by Crippen LogP contribution is 2.36. The van der Waals surface area contributed by atoms with E-state index in [1.807, 2.05) is 19.1 Å². The van der Waals surface area contributed by atoms with Gasteiger partial charge < -0.3 is 14.7 Å². The van der Waals surface area contributed by atoms with Gasteiger partial charge in [0.15, 0.2) is 6.10 Å². The molecule has 3 heterocycles. The molecule has 1 aliphatic heterocycles. The van der Waals surface area contributed by atoms with Gasteiger partial charge in [-0.1, -0.05) is 12.1 Å². The molecule has 226 valence electrons. The summed E-state index contributed by atoms with van der Waals surface area (Å²) < 4.78 is 44.9. The van der Waals surface area contributed by atoms with Crippen LogP contribution in [0.4, 0.5) is 19.0 Å². The smallest absolute Gasteiger partial charge is 0.416 e. The Morgan fingerprint density at radius 3 is 2.49 bits per heavy atom. The van der Waals surface area contributed by atoms with Gasteiger partial charge in [-0.3, -0.25) is 9.88 Å². The molecule has 2 aromatic carbocycles. The van der Waals surface area contributed by atoms with Gasteiger partial charge in [0.2, 0.25) is 0 Å². The number of halogens is 3. The van der Waals surface area contributed by atoms with Crippen molar-refractivity contribution in [1.29, 1.82) is 0 Å². The molecule has 5 rings (SSSR count). The zero-order chi connectivity index (χ0) is 30.6. The number of hydrogen-bond donors (Lipinski definition) is 1. The summed E-state index contributed by atoms with van der Waals surface area (Å²) in [4.78, 5) is 31.2. The van der Waals surface area contributed by atoms with Crippen molar-refractivity contribution < 1.29 is 27.8 Å². The molecule has 0 spiro atoms. The minimum Gasteiger partial charge on any atom is -0.479 e. The van der Waals surface area contributed by atoms with Gasteiger partial charge in [0.25, 0.3) is 0 Å². The third-order valence-corrected chi connectivity index (χ3v) is 9.37. The van der Waals surface area contributed by atoms with Crippen molar-refractivity contribution in [2.75, 3.05) is 31.1 Å². The zero-order valence-corrected chi connectivity index (χ0v) is 25.2. The molecule has 4 aromatic rings. The fourth-order valence-corrected chi connectivity index (χ4v) is 6.75. The number of carbonyl (C=O) groups is 1. The number of aryl methyl sites for hydroxylation is 1. The molecule has 1 unspecified atom stereocenters. The number of carboxylic acids is 1. The number of rotatable bonds is 10. The van der Waals surface area contributed by atoms with Gasteiger partial charge in [0, 0.05) is 66.2 Å². The first-order valence-corrected chi connectivity index (χ1v) is 15.4. The molecule has 0 radical (unpaired) electrons. The molecule has 1 fully saturated rings. The normalized spacial score (nSPS) is 15.0. The second-order valence-corrected chi connectivity index (χ2v) is 12.2. The van der Waals surface area contributed by atoms with Gasteiger partial charge in [0.05, 0.1) is 17.5 Å². The lowest BCUT2D eigenvalue weighted by molar-refractivity contribution is -0.144. The second kappa shape index (κ2) is 13.3. The Morgan fingerprint density at radius 2 is 1.86 bits per heavy atom. The van der Waals surface area contributed by atoms with Crippen molar-refractivity contribution in [3.63, 3.8) is 0 Å². The lowest BCUT2D eigenvalue weighted by Crippen LogP contribution is -2.46. The summed E-state index contributed by atoms with van der Waals surface area (Å²) in [5, 5.41) is 9.83. The number of alkyl halides is 3. The van der Waals surface area contributed by atoms with Crippen LogP contribution in [0.15, 0.2) is 66.0 Å². The molecule has 1 atom stereocenters. The van der Waals surface area contributed by atoms with E-state index in [4.69, 9.17) is 14.8 Å². The van der Waals surface area contributed by atoms with E-state index in [1.165, 1.54) is 30.4 Å². The number of carboxylic acid groups (broad SMARTS) is 1. The van der Waals surface area contributed by atoms with Crippen LogP contribution < -0.4 is 9.64 Å². The Morgan fingerprint density at radius 1 is 1.12 bits per heavy atom. The first-order chi connectivity index (χ1) is 20.6. The SMILES string of the molecule is Cc1cc(SCc2sc(-c3ccc(C(F)(F)F)cc3)nc2CN2CCN(c3cnccn3)CC2)ccc1OC(C)C(=O)O. The van der Waals surface area contributed by atoms with Crippen LogP contribution in [0.1, 0.15) is 28.6 Å². The van der Waals surface area contributed by atoms with Crippen LogP contribution >= 0.6 is 23.1 Å². The van der Waals surface area contributed by atoms with Crippen molar-refractivity contribution in [2.45, 2.75) is 43.3 Å². The molecule has 0 aliphatic carbocycles. The van der Waals surface area contributed by atoms with Crippen LogP contribution in [0, 0.1) is 6.92 Å². The van der Waals surface area contributed by atoms with E-state index < -0.39 is 23.8 Å². The highest BCUT2D eigenvalue weighted by atomic mass is 32.2. The Balaban J connectivity index is 1.32. The molecule has 0 saturated carbocycles. The van der Waals surface area contributed by atoms with Crippen LogP contribution in [0.5, 0.6) is 5.75 Å². The fourth-order valence-electron chi connectivity index (χ4n) is 4.58. The monoisotopic (exact) mass is 629 g/mol. The third-order valence-electron chi connectivity index (χ3n) is 7.02. The third kappa shape index (κ3) is 7.84. The second-order valence-electron chi connectivity index (χ2n) is 10.1. The first kappa shape index (κ1) is 30.8. The highest BCUT2D eigenvalue weighted by molar-refractivity contribution is 7.98. The van der Waals surface area contributed by atoms with Gasteiger partial charge in [-0.2, -0.15) is 13.2 Å². The van der Waals surface area contributed by atoms with E-state index in [-0.39, 0.29) is 0 Å². The van der Waals surface area contributed by atoms with E-state index in [0.717, 1.165) is 65.2 Å². The molecule has 1 saturated heterocycles. The standard InChI is InChI=1S/C30H30F3N5O3S2/c1-19-15-23(7-8-25(19)41-20(2)29(39)40)42-18-26-24(17-37-11-13-38(14-12-37)27-16-34-9-10-35-27)36-28(43-26)21-3-5-22(6-4-21)30(31,32)33/h3-10,15-16,20H,11-14,17-18H2,1-2H3,(H,39,40). The number of aliphatic carboxylic acids is 1. The summed E-state index contributed by atoms with van der Waals surface area (Å²) >= 11 is 3.11. The number of anilines is 1. The van der Waals surface area contributed by atoms with Gasteiger partial charge in [-0.25, -0.2) is 14.8 Å². The van der Waals surface area contributed by atoms with Gasteiger partial charge in [-0.15, -0.1) is 23.1 Å². The van der Waals surface area contributed by atoms with Crippen LogP contribution in [-0.4, -0.2) is 63.2 Å². The molecule has 0 amide bonds. The molecule has 43 heavy (non-hydrogen) atoms. The highest BCUT2D eigenvalue weighted by Gasteiger charge is 2.30. The summed E-state index contributed by atoms with van der Waals surface area (Å²) in [5.41, 5.74) is 1.69. The molecule has 8 nitrogen and oxygen atoms in total. The van der Waals surface area contributed by atoms with Gasteiger partial charge in [-0.05, 0) is 49.7 Å². The quantitative estimate of drug-likeness (QED) is 0.200. The Hall–Kier alpha value is -3.68. The average Bonchev–Trinajstić information content (AvgIpc) is 3.40. The number of nitrogens with zero attached hydrogens (tertiary/aromatic N) is 5. The number of benzene rings is 2. The van der Waals surface area contributed by atoms with Crippen molar-refractivity contribution in [2.24, 2.45) is 0 Å². The fraction of sp³-hybridized carbons (Fsp3) is 0.333. The number of aromatic nitrogens is 3. The first-order valence-electron chi connectivity index (χ1n) is 13.6. The maximum atomic E-state index is 13.1. The Labute approximate surface area is 255 Å². The maximum absolute atomic E-state index is 13.1. The molecular formula is C30H30F3N5O3S2. The van der Waals surface area contributed by atoms with Crippen LogP contribution in [0.25, 0.3) is 10.6 Å². The number of piperazine rings is 1. The molecule has 2 aromatic heterocycles. The summed E-state index contributed by atoms with van der Waals surface area (Å²) in [7, 11) is 0. The summed E-state index contributed by atoms with van der Waals surface area (Å²) in [6.45, 7) is 7.20. The van der Waals surface area contributed by atoms with E-state index in [1.54, 1.807) is 36.4 Å². The summed E-state index contributed by atoms with van der Waals surface area (Å²) in [6.07, 6.45) is -0.258. The van der Waals surface area contributed by atoms with E-state index in [9.17, 15) is 18.0 Å². The van der Waals surface area contributed by atoms with Crippen LogP contribution in [-0.2, 0) is 23.3 Å². The topological polar surface area (TPSA) is 91.7 Å². The van der Waals surface area contributed by atoms with Crippen molar-refractivity contribution in [1.82, 2.24) is 19.9 Å². The van der Waals surface area contributed by atoms with E-state index >= 15 is 0 Å². The predicted molar refractivity (Wildman–Crippen MR) is 161 cm³/mol. The minimum atomic E-state index is -4.40. The predicted octanol–water partition coefficient (Wildman–Crippen LogP) is 6.39. The number of thioether (sulfide) groups is 1. The van der Waals surface area contributed by atoms with Crippen LogP contribution in [0.2, 0.25) is 0 Å². The van der Waals surface area contributed by atoms with Crippen molar-refractivity contribution in [3.05, 3.63) is 82.8 Å². The van der Waals surface area contributed by atoms with Gasteiger partial charge >= 0.3 is 12.1 Å². The Kier molecular flexibility index (Phi) is 9.52. The maximum Gasteiger partial charge on any atom is 0.416 e. The minimum absolute atomic E-state index is 0.517. The average molecular weight is 630 g/mol. The van der Waals surface area contributed by atoms with E-state index in [2.05, 4.69) is 19.8 Å². The molecule has 13 heteroatoms. The lowest BCUT2D eigenvalue weighted by Gasteiger charge is -2.35. The van der Waals surface area contributed by atoms with Crippen LogP contribution in [0.3, 0.4) is 0 Å². The van der Waals surface area contributed by atoms with Crippen molar-refractivity contribution in [3.8, 4) is 16.3 Å². The largest absolute Gasteiger partial charge is 0.479 e. The molecule has 1 aliphatic rings. The summed E-state index contributed by atoms with van der Waals surface area (Å²) in [5.74, 6) is 0.956. The number of thiazole rings is 1. The number of hydrogen-bond acceptors (Lipinski definition) is 9. The van der Waals surface area contributed by atoms with E-state index in [0.29, 0.717) is 28.6 Å². The zero-order valence-electron chi connectivity index (χ0n) is 23.5. The molecular weight excluding hydrogens is 599 g/mol. The number of ether oxygens (including phenoxy) is 1. The van der Waals surface area contributed by atoms with Gasteiger partial charge in [0.1, 0.15) is 16.6 Å². The lowest BCUT2D eigenvalue weighted by atomic mass is 10.1.